The molecule has 0 aliphatic carbocycles. The lowest BCUT2D eigenvalue weighted by molar-refractivity contribution is -0.132. The van der Waals surface area contributed by atoms with E-state index >= 15 is 0 Å². The number of carbonyl (C=O) groups excluding carboxylic acids is 1. The zero-order valence-corrected chi connectivity index (χ0v) is 11.7. The molecule has 5 nitrogen and oxygen atoms in total. The highest BCUT2D eigenvalue weighted by molar-refractivity contribution is 5.84. The summed E-state index contributed by atoms with van der Waals surface area (Å²) in [5.41, 5.74) is 0.882. The zero-order valence-electron chi connectivity index (χ0n) is 11.7. The van der Waals surface area contributed by atoms with Crippen molar-refractivity contribution in [2.45, 2.75) is 32.2 Å². The number of benzene rings is 1. The van der Waals surface area contributed by atoms with Crippen LogP contribution >= 0.6 is 0 Å². The van der Waals surface area contributed by atoms with Crippen LogP contribution < -0.4 is 14.8 Å². The molecule has 0 bridgehead atoms. The van der Waals surface area contributed by atoms with Gasteiger partial charge in [0.15, 0.2) is 11.5 Å². The van der Waals surface area contributed by atoms with Gasteiger partial charge in [-0.1, -0.05) is 0 Å². The van der Waals surface area contributed by atoms with Crippen LogP contribution in [-0.2, 0) is 4.79 Å². The van der Waals surface area contributed by atoms with E-state index in [2.05, 4.69) is 5.32 Å². The fourth-order valence-electron chi connectivity index (χ4n) is 2.69. The van der Waals surface area contributed by atoms with Gasteiger partial charge in [0.1, 0.15) is 6.04 Å². The number of rotatable bonds is 3. The SMILES string of the molecule is C[C@H](Nc1ccc2c(c1)OCO2)C(=O)N1CCCCC1. The predicted molar refractivity (Wildman–Crippen MR) is 76.1 cm³/mol. The van der Waals surface area contributed by atoms with Gasteiger partial charge in [-0.25, -0.2) is 0 Å². The second-order valence-corrected chi connectivity index (χ2v) is 5.32. The van der Waals surface area contributed by atoms with Crippen LogP contribution in [0.1, 0.15) is 26.2 Å². The lowest BCUT2D eigenvalue weighted by atomic mass is 10.1. The first-order valence-electron chi connectivity index (χ1n) is 7.19. The van der Waals surface area contributed by atoms with E-state index in [0.717, 1.165) is 43.1 Å². The molecule has 1 atom stereocenters. The van der Waals surface area contributed by atoms with Crippen molar-refractivity contribution in [2.24, 2.45) is 0 Å². The summed E-state index contributed by atoms with van der Waals surface area (Å²) in [4.78, 5) is 14.3. The number of anilines is 1. The number of nitrogens with zero attached hydrogens (tertiary/aromatic N) is 1. The summed E-state index contributed by atoms with van der Waals surface area (Å²) in [7, 11) is 0. The van der Waals surface area contributed by atoms with Crippen LogP contribution in [-0.4, -0.2) is 36.7 Å². The summed E-state index contributed by atoms with van der Waals surface area (Å²) < 4.78 is 10.6. The van der Waals surface area contributed by atoms with Gasteiger partial charge in [0.05, 0.1) is 0 Å². The molecule has 2 heterocycles. The topological polar surface area (TPSA) is 50.8 Å². The molecule has 108 valence electrons. The maximum Gasteiger partial charge on any atom is 0.244 e. The molecule has 2 aliphatic rings. The highest BCUT2D eigenvalue weighted by Crippen LogP contribution is 2.34. The molecule has 0 unspecified atom stereocenters. The molecule has 1 aromatic rings. The first-order valence-corrected chi connectivity index (χ1v) is 7.19. The van der Waals surface area contributed by atoms with Gasteiger partial charge in [0.25, 0.3) is 0 Å². The molecule has 1 N–H and O–H groups in total. The Bertz CT molecular complexity index is 498. The minimum absolute atomic E-state index is 0.169. The number of ether oxygens (including phenoxy) is 2. The van der Waals surface area contributed by atoms with E-state index in [1.807, 2.05) is 30.0 Å². The normalized spacial score (nSPS) is 18.8. The van der Waals surface area contributed by atoms with Crippen LogP contribution in [0.25, 0.3) is 0 Å². The highest BCUT2D eigenvalue weighted by Gasteiger charge is 2.22. The van der Waals surface area contributed by atoms with Crippen LogP contribution in [0, 0.1) is 0 Å². The van der Waals surface area contributed by atoms with E-state index in [1.54, 1.807) is 0 Å². The van der Waals surface area contributed by atoms with Crippen molar-refractivity contribution in [3.8, 4) is 11.5 Å². The number of fused-ring (bicyclic) bond motifs is 1. The van der Waals surface area contributed by atoms with Crippen molar-refractivity contribution in [3.63, 3.8) is 0 Å². The van der Waals surface area contributed by atoms with Crippen molar-refractivity contribution >= 4 is 11.6 Å². The summed E-state index contributed by atoms with van der Waals surface area (Å²) in [5.74, 6) is 1.65. The monoisotopic (exact) mass is 276 g/mol. The third kappa shape index (κ3) is 2.66. The predicted octanol–water partition coefficient (Wildman–Crippen LogP) is 2.23. The van der Waals surface area contributed by atoms with E-state index in [4.69, 9.17) is 9.47 Å². The maximum absolute atomic E-state index is 12.3. The van der Waals surface area contributed by atoms with Gasteiger partial charge in [0.2, 0.25) is 12.7 Å². The van der Waals surface area contributed by atoms with Gasteiger partial charge >= 0.3 is 0 Å². The lowest BCUT2D eigenvalue weighted by Crippen LogP contribution is -2.43. The minimum Gasteiger partial charge on any atom is -0.454 e. The molecule has 2 aliphatic heterocycles. The van der Waals surface area contributed by atoms with Crippen LogP contribution in [0.3, 0.4) is 0 Å². The first-order chi connectivity index (χ1) is 9.74. The van der Waals surface area contributed by atoms with Crippen LogP contribution in [0.15, 0.2) is 18.2 Å². The van der Waals surface area contributed by atoms with Crippen molar-refractivity contribution in [1.82, 2.24) is 4.90 Å². The number of carbonyl (C=O) groups is 1. The van der Waals surface area contributed by atoms with Crippen LogP contribution in [0.2, 0.25) is 0 Å². The lowest BCUT2D eigenvalue weighted by Gasteiger charge is -2.29. The Balaban J connectivity index is 1.63. The number of hydrogen-bond acceptors (Lipinski definition) is 4. The fraction of sp³-hybridized carbons (Fsp3) is 0.533. The quantitative estimate of drug-likeness (QED) is 0.919. The third-order valence-corrected chi connectivity index (χ3v) is 3.79. The summed E-state index contributed by atoms with van der Waals surface area (Å²) in [6.07, 6.45) is 3.46. The molecule has 1 fully saturated rings. The number of likely N-dealkylation sites (tertiary alicyclic amines) is 1. The first kappa shape index (κ1) is 13.1. The van der Waals surface area contributed by atoms with Crippen molar-refractivity contribution in [2.75, 3.05) is 25.2 Å². The molecule has 20 heavy (non-hydrogen) atoms. The summed E-state index contributed by atoms with van der Waals surface area (Å²) in [6.45, 7) is 3.93. The van der Waals surface area contributed by atoms with Crippen LogP contribution in [0.4, 0.5) is 5.69 Å². The number of hydrogen-bond donors (Lipinski definition) is 1. The Morgan fingerprint density at radius 2 is 1.95 bits per heavy atom. The van der Waals surface area contributed by atoms with Gasteiger partial charge in [-0.2, -0.15) is 0 Å². The van der Waals surface area contributed by atoms with E-state index in [0.29, 0.717) is 0 Å². The molecule has 1 aromatic carbocycles. The van der Waals surface area contributed by atoms with E-state index < -0.39 is 0 Å². The molecule has 0 spiro atoms. The van der Waals surface area contributed by atoms with Gasteiger partial charge in [-0.15, -0.1) is 0 Å². The molecule has 1 amide bonds. The van der Waals surface area contributed by atoms with Gasteiger partial charge in [-0.05, 0) is 38.3 Å². The minimum atomic E-state index is -0.228. The molecule has 0 radical (unpaired) electrons. The van der Waals surface area contributed by atoms with Gasteiger partial charge < -0.3 is 19.7 Å². The second kappa shape index (κ2) is 5.61. The molecule has 5 heteroatoms. The van der Waals surface area contributed by atoms with E-state index in [9.17, 15) is 4.79 Å². The Labute approximate surface area is 118 Å². The smallest absolute Gasteiger partial charge is 0.244 e. The van der Waals surface area contributed by atoms with Gasteiger partial charge in [0, 0.05) is 24.8 Å². The Morgan fingerprint density at radius 3 is 2.75 bits per heavy atom. The number of piperidine rings is 1. The van der Waals surface area contributed by atoms with Crippen molar-refractivity contribution in [3.05, 3.63) is 18.2 Å². The average Bonchev–Trinajstić information content (AvgIpc) is 2.95. The zero-order chi connectivity index (χ0) is 13.9. The number of nitrogens with one attached hydrogen (secondary N) is 1. The molecule has 0 saturated carbocycles. The fourth-order valence-corrected chi connectivity index (χ4v) is 2.69. The van der Waals surface area contributed by atoms with Crippen molar-refractivity contribution < 1.29 is 14.3 Å². The van der Waals surface area contributed by atoms with Crippen LogP contribution in [0.5, 0.6) is 11.5 Å². The summed E-state index contributed by atoms with van der Waals surface area (Å²) in [5, 5.41) is 3.24. The van der Waals surface area contributed by atoms with E-state index in [1.165, 1.54) is 6.42 Å². The standard InChI is InChI=1S/C15H20N2O3/c1-11(15(18)17-7-3-2-4-8-17)16-12-5-6-13-14(9-12)20-10-19-13/h5-6,9,11,16H,2-4,7-8,10H2,1H3/t11-/m0/s1. The maximum atomic E-state index is 12.3. The van der Waals surface area contributed by atoms with Crippen molar-refractivity contribution in [1.29, 1.82) is 0 Å². The Morgan fingerprint density at radius 1 is 1.20 bits per heavy atom. The molecular formula is C15H20N2O3. The Hall–Kier alpha value is -1.91. The summed E-state index contributed by atoms with van der Waals surface area (Å²) in [6, 6.07) is 5.42. The third-order valence-electron chi connectivity index (χ3n) is 3.79. The largest absolute Gasteiger partial charge is 0.454 e. The molecule has 0 aromatic heterocycles. The molecule has 1 saturated heterocycles. The summed E-state index contributed by atoms with van der Waals surface area (Å²) >= 11 is 0. The highest BCUT2D eigenvalue weighted by atomic mass is 16.7. The average molecular weight is 276 g/mol. The van der Waals surface area contributed by atoms with E-state index in [-0.39, 0.29) is 18.7 Å². The van der Waals surface area contributed by atoms with Gasteiger partial charge in [-0.3, -0.25) is 4.79 Å². The molecular weight excluding hydrogens is 256 g/mol. The molecule has 3 rings (SSSR count). The Kier molecular flexibility index (Phi) is 3.67. The second-order valence-electron chi connectivity index (χ2n) is 5.32. The number of amides is 1.